The maximum atomic E-state index is 11.2. The van der Waals surface area contributed by atoms with Crippen molar-refractivity contribution < 1.29 is 9.90 Å². The molecular weight excluding hydrogens is 266 g/mol. The highest BCUT2D eigenvalue weighted by molar-refractivity contribution is 5.93. The Morgan fingerprint density at radius 1 is 1.48 bits per heavy atom. The molecule has 1 aliphatic heterocycles. The molecule has 1 aliphatic rings. The second-order valence-electron chi connectivity index (χ2n) is 5.82. The average Bonchev–Trinajstić information content (AvgIpc) is 2.45. The standard InChI is InChI=1S/C16H25N3O2/c1-12-7-8-14(16(20)21)15(18-12)17-9-5-11-19-10-4-3-6-13(19)2/h7-8,13H,3-6,9-11H2,1-2H3,(H,17,18)(H,20,21). The van der Waals surface area contributed by atoms with Gasteiger partial charge < -0.3 is 15.3 Å². The number of nitrogens with one attached hydrogen (secondary N) is 1. The molecule has 5 nitrogen and oxygen atoms in total. The summed E-state index contributed by atoms with van der Waals surface area (Å²) in [6.45, 7) is 7.15. The van der Waals surface area contributed by atoms with Gasteiger partial charge in [0.25, 0.3) is 0 Å². The minimum atomic E-state index is -0.936. The van der Waals surface area contributed by atoms with Crippen molar-refractivity contribution in [3.8, 4) is 0 Å². The molecule has 5 heteroatoms. The van der Waals surface area contributed by atoms with E-state index in [1.54, 1.807) is 12.1 Å². The topological polar surface area (TPSA) is 65.5 Å². The summed E-state index contributed by atoms with van der Waals surface area (Å²) in [5.74, 6) is -0.455. The molecular formula is C16H25N3O2. The summed E-state index contributed by atoms with van der Waals surface area (Å²) < 4.78 is 0. The van der Waals surface area contributed by atoms with Gasteiger partial charge in [-0.1, -0.05) is 6.42 Å². The van der Waals surface area contributed by atoms with Crippen LogP contribution in [0.15, 0.2) is 12.1 Å². The third kappa shape index (κ3) is 4.43. The highest BCUT2D eigenvalue weighted by Gasteiger charge is 2.17. The van der Waals surface area contributed by atoms with Crippen LogP contribution in [0, 0.1) is 6.92 Å². The van der Waals surface area contributed by atoms with Crippen LogP contribution in [0.2, 0.25) is 0 Å². The van der Waals surface area contributed by atoms with E-state index < -0.39 is 5.97 Å². The third-order valence-electron chi connectivity index (χ3n) is 4.12. The Balaban J connectivity index is 1.83. The fraction of sp³-hybridized carbons (Fsp3) is 0.625. The average molecular weight is 291 g/mol. The molecule has 0 spiro atoms. The van der Waals surface area contributed by atoms with Crippen LogP contribution in [-0.2, 0) is 0 Å². The first-order valence-corrected chi connectivity index (χ1v) is 7.77. The Morgan fingerprint density at radius 2 is 2.29 bits per heavy atom. The van der Waals surface area contributed by atoms with Crippen molar-refractivity contribution in [1.29, 1.82) is 0 Å². The maximum Gasteiger partial charge on any atom is 0.339 e. The SMILES string of the molecule is Cc1ccc(C(=O)O)c(NCCCN2CCCCC2C)n1. The zero-order valence-electron chi connectivity index (χ0n) is 12.9. The van der Waals surface area contributed by atoms with Crippen molar-refractivity contribution >= 4 is 11.8 Å². The third-order valence-corrected chi connectivity index (χ3v) is 4.12. The van der Waals surface area contributed by atoms with Gasteiger partial charge in [-0.05, 0) is 51.8 Å². The van der Waals surface area contributed by atoms with Gasteiger partial charge in [0.2, 0.25) is 0 Å². The van der Waals surface area contributed by atoms with Gasteiger partial charge in [-0.2, -0.15) is 0 Å². The number of aryl methyl sites for hydroxylation is 1. The number of aromatic carboxylic acids is 1. The van der Waals surface area contributed by atoms with Gasteiger partial charge in [-0.25, -0.2) is 9.78 Å². The van der Waals surface area contributed by atoms with E-state index in [9.17, 15) is 4.79 Å². The first kappa shape index (κ1) is 15.8. The first-order chi connectivity index (χ1) is 10.1. The van der Waals surface area contributed by atoms with Crippen molar-refractivity contribution in [2.45, 2.75) is 45.6 Å². The predicted octanol–water partition coefficient (Wildman–Crippen LogP) is 2.76. The summed E-state index contributed by atoms with van der Waals surface area (Å²) in [5, 5.41) is 12.3. The van der Waals surface area contributed by atoms with E-state index in [1.165, 1.54) is 25.8 Å². The van der Waals surface area contributed by atoms with Crippen LogP contribution in [0.25, 0.3) is 0 Å². The second-order valence-corrected chi connectivity index (χ2v) is 5.82. The van der Waals surface area contributed by atoms with Gasteiger partial charge in [0.1, 0.15) is 11.4 Å². The van der Waals surface area contributed by atoms with Crippen LogP contribution in [-0.4, -0.2) is 46.6 Å². The number of hydrogen-bond acceptors (Lipinski definition) is 4. The van der Waals surface area contributed by atoms with E-state index in [0.717, 1.165) is 25.2 Å². The Bertz CT molecular complexity index is 490. The number of rotatable bonds is 6. The summed E-state index contributed by atoms with van der Waals surface area (Å²) in [4.78, 5) is 18.0. The summed E-state index contributed by atoms with van der Waals surface area (Å²) in [5.41, 5.74) is 1.07. The Hall–Kier alpha value is -1.62. The van der Waals surface area contributed by atoms with E-state index in [-0.39, 0.29) is 5.56 Å². The summed E-state index contributed by atoms with van der Waals surface area (Å²) in [6, 6.07) is 4.01. The Morgan fingerprint density at radius 3 is 3.00 bits per heavy atom. The summed E-state index contributed by atoms with van der Waals surface area (Å²) >= 11 is 0. The second kappa shape index (κ2) is 7.41. The fourth-order valence-electron chi connectivity index (χ4n) is 2.84. The minimum absolute atomic E-state index is 0.243. The van der Waals surface area contributed by atoms with E-state index in [4.69, 9.17) is 5.11 Å². The number of nitrogens with zero attached hydrogens (tertiary/aromatic N) is 2. The molecule has 0 bridgehead atoms. The molecule has 0 aromatic carbocycles. The number of carboxylic acids is 1. The van der Waals surface area contributed by atoms with Crippen LogP contribution >= 0.6 is 0 Å². The number of likely N-dealkylation sites (tertiary alicyclic amines) is 1. The van der Waals surface area contributed by atoms with Crippen molar-refractivity contribution in [2.75, 3.05) is 25.0 Å². The molecule has 2 rings (SSSR count). The molecule has 116 valence electrons. The number of carbonyl (C=O) groups is 1. The molecule has 0 saturated carbocycles. The molecule has 1 aromatic rings. The van der Waals surface area contributed by atoms with Crippen LogP contribution in [0.4, 0.5) is 5.82 Å². The molecule has 1 aromatic heterocycles. The highest BCUT2D eigenvalue weighted by atomic mass is 16.4. The van der Waals surface area contributed by atoms with Gasteiger partial charge in [0, 0.05) is 24.8 Å². The lowest BCUT2D eigenvalue weighted by Gasteiger charge is -2.33. The number of pyridine rings is 1. The quantitative estimate of drug-likeness (QED) is 0.789. The zero-order valence-corrected chi connectivity index (χ0v) is 12.9. The molecule has 0 radical (unpaired) electrons. The summed E-state index contributed by atoms with van der Waals surface area (Å²) in [7, 11) is 0. The molecule has 0 amide bonds. The van der Waals surface area contributed by atoms with Crippen molar-refractivity contribution in [1.82, 2.24) is 9.88 Å². The lowest BCUT2D eigenvalue weighted by molar-refractivity contribution is 0.0697. The Kier molecular flexibility index (Phi) is 5.56. The minimum Gasteiger partial charge on any atom is -0.478 e. The zero-order chi connectivity index (χ0) is 15.2. The maximum absolute atomic E-state index is 11.2. The van der Waals surface area contributed by atoms with Gasteiger partial charge in [0.15, 0.2) is 0 Å². The van der Waals surface area contributed by atoms with Crippen molar-refractivity contribution in [2.24, 2.45) is 0 Å². The van der Waals surface area contributed by atoms with Gasteiger partial charge >= 0.3 is 5.97 Å². The molecule has 21 heavy (non-hydrogen) atoms. The number of aromatic nitrogens is 1. The lowest BCUT2D eigenvalue weighted by Crippen LogP contribution is -2.38. The largest absolute Gasteiger partial charge is 0.478 e. The highest BCUT2D eigenvalue weighted by Crippen LogP contribution is 2.17. The van der Waals surface area contributed by atoms with Crippen molar-refractivity contribution in [3.63, 3.8) is 0 Å². The number of piperidine rings is 1. The fourth-order valence-corrected chi connectivity index (χ4v) is 2.84. The summed E-state index contributed by atoms with van der Waals surface area (Å²) in [6.07, 6.45) is 4.92. The molecule has 0 aliphatic carbocycles. The first-order valence-electron chi connectivity index (χ1n) is 7.77. The molecule has 1 atom stereocenters. The van der Waals surface area contributed by atoms with Crippen LogP contribution < -0.4 is 5.32 Å². The monoisotopic (exact) mass is 291 g/mol. The van der Waals surface area contributed by atoms with Crippen LogP contribution in [0.1, 0.15) is 48.7 Å². The van der Waals surface area contributed by atoms with E-state index in [0.29, 0.717) is 11.9 Å². The van der Waals surface area contributed by atoms with Crippen LogP contribution in [0.3, 0.4) is 0 Å². The molecule has 2 heterocycles. The molecule has 2 N–H and O–H groups in total. The number of hydrogen-bond donors (Lipinski definition) is 2. The van der Waals surface area contributed by atoms with Gasteiger partial charge in [0.05, 0.1) is 0 Å². The number of carboxylic acid groups (broad SMARTS) is 1. The normalized spacial score (nSPS) is 19.4. The molecule has 1 fully saturated rings. The lowest BCUT2D eigenvalue weighted by atomic mass is 10.0. The van der Waals surface area contributed by atoms with Crippen molar-refractivity contribution in [3.05, 3.63) is 23.4 Å². The molecule has 1 unspecified atom stereocenters. The number of anilines is 1. The predicted molar refractivity (Wildman–Crippen MR) is 83.9 cm³/mol. The van der Waals surface area contributed by atoms with Crippen LogP contribution in [0.5, 0.6) is 0 Å². The smallest absolute Gasteiger partial charge is 0.339 e. The van der Waals surface area contributed by atoms with Gasteiger partial charge in [-0.15, -0.1) is 0 Å². The van der Waals surface area contributed by atoms with E-state index in [2.05, 4.69) is 22.1 Å². The Labute approximate surface area is 126 Å². The molecule has 1 saturated heterocycles. The van der Waals surface area contributed by atoms with Gasteiger partial charge in [-0.3, -0.25) is 0 Å². The van der Waals surface area contributed by atoms with E-state index >= 15 is 0 Å². The van der Waals surface area contributed by atoms with E-state index in [1.807, 2.05) is 6.92 Å².